The van der Waals surface area contributed by atoms with Gasteiger partial charge < -0.3 is 35.8 Å². The topological polar surface area (TPSA) is 253 Å². The van der Waals surface area contributed by atoms with Crippen molar-refractivity contribution in [3.05, 3.63) is 342 Å². The molecule has 0 saturated carbocycles. The molecule has 7 heterocycles. The third kappa shape index (κ3) is 32.0. The van der Waals surface area contributed by atoms with Crippen LogP contribution in [0, 0.1) is 0 Å². The lowest BCUT2D eigenvalue weighted by Gasteiger charge is -2.38. The molecule has 8 aliphatic rings. The first-order valence-electron chi connectivity index (χ1n) is 44.9. The van der Waals surface area contributed by atoms with Crippen molar-refractivity contribution in [3.8, 4) is 0 Å². The van der Waals surface area contributed by atoms with Gasteiger partial charge in [0, 0.05) is 144 Å². The molecule has 11 aromatic rings. The summed E-state index contributed by atoms with van der Waals surface area (Å²) in [5.41, 5.74) is 17.4. The molecule has 27 heteroatoms. The molecule has 2 unspecified atom stereocenters. The number of amides is 3. The predicted molar refractivity (Wildman–Crippen MR) is 534 cm³/mol. The molecule has 0 bridgehead atoms. The van der Waals surface area contributed by atoms with Gasteiger partial charge in [-0.05, 0) is 217 Å². The number of carbonyl (C=O) groups is 10. The van der Waals surface area contributed by atoms with E-state index in [1.165, 1.54) is 82.7 Å². The van der Waals surface area contributed by atoms with Crippen molar-refractivity contribution < 1.29 is 52.7 Å². The van der Waals surface area contributed by atoms with Crippen molar-refractivity contribution in [1.82, 2.24) is 24.9 Å². The van der Waals surface area contributed by atoms with E-state index in [-0.39, 0.29) is 46.9 Å². The molecule has 0 radical (unpaired) electrons. The van der Waals surface area contributed by atoms with Crippen LogP contribution in [-0.2, 0) is 70.9 Å². The number of fused-ring (bicyclic) bond motifs is 2. The van der Waals surface area contributed by atoms with Crippen LogP contribution in [-0.4, -0.2) is 171 Å². The van der Waals surface area contributed by atoms with E-state index in [4.69, 9.17) is 52.1 Å². The Balaban J connectivity index is 0.000000149. The monoisotopic (exact) mass is 1910 g/mol. The number of benzene rings is 11. The van der Waals surface area contributed by atoms with E-state index < -0.39 is 32.6 Å². The number of nitrogens with zero attached hydrogens (tertiary/aromatic N) is 7. The maximum Gasteiger partial charge on any atom is 0.405 e. The van der Waals surface area contributed by atoms with E-state index in [9.17, 15) is 47.9 Å². The number of nitrogen functional groups attached to an aromatic ring is 1. The number of halogens is 6. The molecule has 4 N–H and O–H groups in total. The number of para-hydroxylation sites is 5. The molecule has 0 aromatic heterocycles. The SMILES string of the molecule is CC(Cl)OC(=O)Cl.ClC1Cc2cccc3cccc1c23.Nc1ccccc1.O=C(Cl)C(=O)Cl.O=C(Cl)C(=O)N(c1ccccc1)C1CCN(Cc2ccccc2)CC1.O=C1C(=O)N(C2CCN(Cc3ccccc3)CC2)c2ccccc21.O=C1C(=O)N(C2CCNCC2)c2ccccc21.O=C1CCN(Cc2ccccc2)CC1.c1ccc(CN2CCC(Nc3ccccc3)CC2)cc1. The third-order valence-electron chi connectivity index (χ3n) is 23.7. The Morgan fingerprint density at radius 1 is 0.436 bits per heavy atom. The van der Waals surface area contributed by atoms with Crippen LogP contribution in [0.4, 0.5) is 33.2 Å². The Kier molecular flexibility index (Phi) is 41.2. The maximum atomic E-state index is 12.4. The van der Waals surface area contributed by atoms with Crippen LogP contribution in [0.15, 0.2) is 297 Å². The second-order valence-corrected chi connectivity index (χ2v) is 35.5. The highest BCUT2D eigenvalue weighted by Crippen LogP contribution is 2.41. The summed E-state index contributed by atoms with van der Waals surface area (Å²) in [5, 5.41) is 6.56. The van der Waals surface area contributed by atoms with Crippen LogP contribution in [0.1, 0.15) is 131 Å². The summed E-state index contributed by atoms with van der Waals surface area (Å²) >= 11 is 30.6. The fourth-order valence-corrected chi connectivity index (χ4v) is 17.9. The zero-order chi connectivity index (χ0) is 94.4. The lowest BCUT2D eigenvalue weighted by molar-refractivity contribution is -0.132. The summed E-state index contributed by atoms with van der Waals surface area (Å²) in [4.78, 5) is 127. The highest BCUT2D eigenvalue weighted by Gasteiger charge is 2.42. The molecular formula is C106H112Cl6N10O11. The first-order valence-corrected chi connectivity index (χ1v) is 47.3. The normalized spacial score (nSPS) is 16.9. The van der Waals surface area contributed by atoms with Gasteiger partial charge >= 0.3 is 27.1 Å². The van der Waals surface area contributed by atoms with Gasteiger partial charge in [-0.2, -0.15) is 0 Å². The Labute approximate surface area is 808 Å². The van der Waals surface area contributed by atoms with E-state index in [0.29, 0.717) is 23.0 Å². The zero-order valence-electron chi connectivity index (χ0n) is 74.4. The summed E-state index contributed by atoms with van der Waals surface area (Å²) in [5.74, 6) is -1.68. The van der Waals surface area contributed by atoms with Crippen molar-refractivity contribution in [2.75, 3.05) is 91.2 Å². The van der Waals surface area contributed by atoms with Gasteiger partial charge in [-0.15, -0.1) is 11.6 Å². The van der Waals surface area contributed by atoms with Crippen LogP contribution < -0.4 is 31.1 Å². The molecule has 7 aliphatic heterocycles. The van der Waals surface area contributed by atoms with Gasteiger partial charge in [-0.25, -0.2) is 4.79 Å². The number of rotatable bonds is 17. The Hall–Kier alpha value is -11.3. The quantitative estimate of drug-likeness (QED) is 0.0331. The molecule has 1 aliphatic carbocycles. The molecule has 5 saturated heterocycles. The number of hydrogen-bond donors (Lipinski definition) is 3. The van der Waals surface area contributed by atoms with E-state index in [1.807, 2.05) is 121 Å². The van der Waals surface area contributed by atoms with Gasteiger partial charge in [0.15, 0.2) is 5.56 Å². The van der Waals surface area contributed by atoms with Gasteiger partial charge in [-0.1, -0.05) is 248 Å². The van der Waals surface area contributed by atoms with Crippen molar-refractivity contribution in [2.45, 2.75) is 139 Å². The van der Waals surface area contributed by atoms with Crippen molar-refractivity contribution >= 4 is 165 Å². The standard InChI is InChI=1S/C20H21ClN2O2.C20H20N2O2.C18H22N2.C13H14N2O2.C12H9Cl.C12H15NO.C6H7N.C3H4Cl2O2.C2Cl2O2/c21-19(24)20(25)23(17-9-5-2-6-10-17)18-11-13-22(14-12-18)15-16-7-3-1-4-8-16;23-19-17-8-4-5-9-18(17)22(20(19)24)16-10-12-21(13-11-16)14-15-6-2-1-3-7-15;1-3-7-16(8-4-1)15-20-13-11-18(12-14-20)19-17-9-5-2-6-10-17;16-12-10-3-1-2-4-11(10)15(13(12)17)9-5-7-14-8-6-9;13-11-7-9-5-1-3-8-4-2-6-10(11)12(8)9;14-12-6-8-13(9-7-12)10-11-4-2-1-3-5-11;7-6-4-2-1-3-5-6;1-2(4)7-3(5)6;3-1(5)2(4)6/h1-10,18H,11-15H2;1-9,16H,10-14H2;1-10,18-19H,11-15H2;1-4,9,14H,5-8H2;1-6,11H,7H2;1-5H,6-10H2;1-5H,7H2;2H,1H3;. The number of likely N-dealkylation sites (tertiary alicyclic amines) is 4. The molecule has 3 amide bonds. The smallest absolute Gasteiger partial charge is 0.405 e. The number of hydrogen-bond acceptors (Lipinski definition) is 18. The number of anilines is 5. The van der Waals surface area contributed by atoms with Crippen molar-refractivity contribution in [3.63, 3.8) is 0 Å². The average Bonchev–Trinajstić information content (AvgIpc) is 1.62. The Morgan fingerprint density at radius 2 is 0.812 bits per heavy atom. The van der Waals surface area contributed by atoms with Gasteiger partial charge in [0.1, 0.15) is 5.78 Å². The summed E-state index contributed by atoms with van der Waals surface area (Å²) in [6.45, 7) is 15.1. The lowest BCUT2D eigenvalue weighted by atomic mass is 10.0. The number of alkyl halides is 2. The fraction of sp³-hybridized carbons (Fsp3) is 0.302. The van der Waals surface area contributed by atoms with Crippen LogP contribution in [0.5, 0.6) is 0 Å². The summed E-state index contributed by atoms with van der Waals surface area (Å²) in [6.07, 6.45) is 10.2. The van der Waals surface area contributed by atoms with Crippen LogP contribution in [0.2, 0.25) is 0 Å². The van der Waals surface area contributed by atoms with Gasteiger partial charge in [-0.3, -0.25) is 62.8 Å². The largest absolute Gasteiger partial charge is 0.434 e. The average molecular weight is 1910 g/mol. The van der Waals surface area contributed by atoms with Crippen molar-refractivity contribution in [1.29, 1.82) is 0 Å². The van der Waals surface area contributed by atoms with E-state index in [1.54, 1.807) is 32.9 Å². The number of Topliss-reactive ketones (excluding diaryl/α,β-unsaturated/α-hetero) is 3. The first kappa shape index (κ1) is 102. The van der Waals surface area contributed by atoms with E-state index >= 15 is 0 Å². The summed E-state index contributed by atoms with van der Waals surface area (Å²) < 4.78 is 4.14. The number of nitrogens with one attached hydrogen (secondary N) is 2. The first-order chi connectivity index (χ1) is 64.4. The van der Waals surface area contributed by atoms with E-state index in [0.717, 1.165) is 159 Å². The number of carbonyl (C=O) groups excluding carboxylic acids is 10. The molecule has 11 aromatic carbocycles. The van der Waals surface area contributed by atoms with Gasteiger partial charge in [0.25, 0.3) is 23.4 Å². The molecule has 5 fully saturated rings. The number of piperidine rings is 5. The number of nitrogens with two attached hydrogens (primary N) is 1. The number of ether oxygens (including phenoxy) is 1. The van der Waals surface area contributed by atoms with Gasteiger partial charge in [0.2, 0.25) is 0 Å². The second-order valence-electron chi connectivity index (χ2n) is 33.0. The maximum absolute atomic E-state index is 12.4. The lowest BCUT2D eigenvalue weighted by Crippen LogP contribution is -2.49. The van der Waals surface area contributed by atoms with Crippen LogP contribution in [0.3, 0.4) is 0 Å². The minimum absolute atomic E-state index is 0.00961. The van der Waals surface area contributed by atoms with Crippen LogP contribution >= 0.6 is 69.6 Å². The second kappa shape index (κ2) is 53.6. The molecule has 2 atom stereocenters. The highest BCUT2D eigenvalue weighted by atomic mass is 35.5. The highest BCUT2D eigenvalue weighted by molar-refractivity contribution is 6.97. The molecule has 21 nitrogen and oxygen atoms in total. The zero-order valence-corrected chi connectivity index (χ0v) is 78.9. The Bertz CT molecular complexity index is 5510. The summed E-state index contributed by atoms with van der Waals surface area (Å²) in [7, 11) is 0. The van der Waals surface area contributed by atoms with Crippen LogP contribution in [0.25, 0.3) is 10.8 Å². The molecule has 19 rings (SSSR count). The molecule has 694 valence electrons. The fourth-order valence-electron chi connectivity index (χ4n) is 17.2. The minimum atomic E-state index is -1.14. The number of ketones is 3. The molecule has 0 spiro atoms. The molecular weight excluding hydrogens is 1800 g/mol. The minimum Gasteiger partial charge on any atom is -0.434 e. The Morgan fingerprint density at radius 3 is 1.21 bits per heavy atom. The summed E-state index contributed by atoms with van der Waals surface area (Å²) in [6, 6.07) is 99.6. The van der Waals surface area contributed by atoms with E-state index in [2.05, 4.69) is 216 Å². The molecule has 133 heavy (non-hydrogen) atoms. The van der Waals surface area contributed by atoms with Gasteiger partial charge in [0.05, 0.1) is 27.9 Å². The predicted octanol–water partition coefficient (Wildman–Crippen LogP) is 20.3. The third-order valence-corrected chi connectivity index (χ3v) is 24.9. The van der Waals surface area contributed by atoms with Crippen molar-refractivity contribution in [2.24, 2.45) is 0 Å².